The third-order valence-corrected chi connectivity index (χ3v) is 5.94. The lowest BCUT2D eigenvalue weighted by molar-refractivity contribution is -0.113. The van der Waals surface area contributed by atoms with Crippen molar-refractivity contribution in [2.45, 2.75) is 25.4 Å². The highest BCUT2D eigenvalue weighted by atomic mass is 32.2. The van der Waals surface area contributed by atoms with Crippen molar-refractivity contribution >= 4 is 34.4 Å². The van der Waals surface area contributed by atoms with Crippen LogP contribution in [0, 0.1) is 25.2 Å². The standard InChI is InChI=1S/C22H19N5O2S/c1-14-15(2)27(11-16-6-5-9-29-16)21(18(14)10-23)26-20(28)12-30-22-17-7-3-4-8-19(17)24-13-25-22/h3-9,13H,11-12H2,1-2H3,(H,26,28). The summed E-state index contributed by atoms with van der Waals surface area (Å²) in [7, 11) is 0. The Morgan fingerprint density at radius 3 is 2.83 bits per heavy atom. The lowest BCUT2D eigenvalue weighted by atomic mass is 10.2. The summed E-state index contributed by atoms with van der Waals surface area (Å²) in [5.41, 5.74) is 3.05. The molecule has 0 aliphatic rings. The van der Waals surface area contributed by atoms with E-state index in [2.05, 4.69) is 21.4 Å². The van der Waals surface area contributed by atoms with Crippen LogP contribution in [-0.2, 0) is 11.3 Å². The molecular formula is C22H19N5O2S. The molecule has 1 N–H and O–H groups in total. The van der Waals surface area contributed by atoms with Crippen LogP contribution in [0.2, 0.25) is 0 Å². The first-order valence-corrected chi connectivity index (χ1v) is 10.3. The van der Waals surface area contributed by atoms with Crippen molar-refractivity contribution in [3.8, 4) is 6.07 Å². The topological polar surface area (TPSA) is 96.7 Å². The SMILES string of the molecule is Cc1c(C#N)c(NC(=O)CSc2ncnc3ccccc23)n(Cc2ccco2)c1C. The van der Waals surface area contributed by atoms with Gasteiger partial charge in [0.15, 0.2) is 0 Å². The zero-order chi connectivity index (χ0) is 21.1. The highest BCUT2D eigenvalue weighted by Crippen LogP contribution is 2.28. The largest absolute Gasteiger partial charge is 0.467 e. The number of anilines is 1. The highest BCUT2D eigenvalue weighted by Gasteiger charge is 2.20. The van der Waals surface area contributed by atoms with Crippen LogP contribution in [0.1, 0.15) is 22.6 Å². The fourth-order valence-electron chi connectivity index (χ4n) is 3.28. The smallest absolute Gasteiger partial charge is 0.235 e. The van der Waals surface area contributed by atoms with Crippen LogP contribution < -0.4 is 5.32 Å². The van der Waals surface area contributed by atoms with E-state index in [0.717, 1.165) is 32.9 Å². The van der Waals surface area contributed by atoms with Crippen LogP contribution in [0.4, 0.5) is 5.82 Å². The summed E-state index contributed by atoms with van der Waals surface area (Å²) in [6, 6.07) is 13.6. The van der Waals surface area contributed by atoms with Crippen molar-refractivity contribution in [3.63, 3.8) is 0 Å². The summed E-state index contributed by atoms with van der Waals surface area (Å²) in [6.45, 7) is 4.24. The van der Waals surface area contributed by atoms with Gasteiger partial charge in [0.2, 0.25) is 5.91 Å². The third kappa shape index (κ3) is 3.80. The van der Waals surface area contributed by atoms with E-state index in [1.54, 1.807) is 6.26 Å². The molecule has 0 atom stereocenters. The van der Waals surface area contributed by atoms with Gasteiger partial charge in [-0.2, -0.15) is 5.26 Å². The number of carbonyl (C=O) groups is 1. The molecule has 0 aliphatic heterocycles. The number of furan rings is 1. The Morgan fingerprint density at radius 1 is 1.23 bits per heavy atom. The third-order valence-electron chi connectivity index (χ3n) is 4.94. The molecule has 3 aromatic heterocycles. The van der Waals surface area contributed by atoms with Crippen molar-refractivity contribution < 1.29 is 9.21 Å². The Bertz CT molecular complexity index is 1250. The number of nitrogens with one attached hydrogen (secondary N) is 1. The van der Waals surface area contributed by atoms with Crippen molar-refractivity contribution in [3.05, 3.63) is 71.6 Å². The van der Waals surface area contributed by atoms with E-state index < -0.39 is 0 Å². The Kier molecular flexibility index (Phi) is 5.55. The van der Waals surface area contributed by atoms with Gasteiger partial charge in [-0.15, -0.1) is 0 Å². The van der Waals surface area contributed by atoms with Gasteiger partial charge in [0.1, 0.15) is 29.0 Å². The minimum Gasteiger partial charge on any atom is -0.467 e. The summed E-state index contributed by atoms with van der Waals surface area (Å²) < 4.78 is 7.34. The van der Waals surface area contributed by atoms with E-state index in [1.807, 2.05) is 54.8 Å². The second-order valence-electron chi connectivity index (χ2n) is 6.74. The molecule has 150 valence electrons. The van der Waals surface area contributed by atoms with E-state index in [9.17, 15) is 10.1 Å². The number of nitrogens with zero attached hydrogens (tertiary/aromatic N) is 4. The van der Waals surface area contributed by atoms with E-state index in [4.69, 9.17) is 4.42 Å². The van der Waals surface area contributed by atoms with Gasteiger partial charge in [-0.1, -0.05) is 30.0 Å². The molecule has 0 radical (unpaired) electrons. The lowest BCUT2D eigenvalue weighted by Crippen LogP contribution is -2.18. The van der Waals surface area contributed by atoms with E-state index in [-0.39, 0.29) is 11.7 Å². The van der Waals surface area contributed by atoms with Crippen LogP contribution in [0.3, 0.4) is 0 Å². The molecule has 30 heavy (non-hydrogen) atoms. The normalized spacial score (nSPS) is 10.8. The molecule has 0 saturated heterocycles. The second-order valence-corrected chi connectivity index (χ2v) is 7.71. The monoisotopic (exact) mass is 417 g/mol. The van der Waals surface area contributed by atoms with Gasteiger partial charge < -0.3 is 14.3 Å². The van der Waals surface area contributed by atoms with Crippen LogP contribution in [0.5, 0.6) is 0 Å². The first-order valence-electron chi connectivity index (χ1n) is 9.33. The Balaban J connectivity index is 1.55. The van der Waals surface area contributed by atoms with E-state index in [1.165, 1.54) is 18.1 Å². The Labute approximate surface area is 177 Å². The molecule has 4 rings (SSSR count). The molecule has 0 aliphatic carbocycles. The molecule has 7 nitrogen and oxygen atoms in total. The fourth-order valence-corrected chi connectivity index (χ4v) is 4.07. The van der Waals surface area contributed by atoms with Crippen LogP contribution in [0.15, 0.2) is 58.4 Å². The predicted molar refractivity (Wildman–Crippen MR) is 115 cm³/mol. The molecular weight excluding hydrogens is 398 g/mol. The Morgan fingerprint density at radius 2 is 2.07 bits per heavy atom. The molecule has 0 saturated carbocycles. The quantitative estimate of drug-likeness (QED) is 0.371. The van der Waals surface area contributed by atoms with Gasteiger partial charge in [0.05, 0.1) is 29.6 Å². The number of carbonyl (C=O) groups excluding carboxylic acids is 1. The summed E-state index contributed by atoms with van der Waals surface area (Å²) in [5, 5.41) is 14.2. The van der Waals surface area contributed by atoms with Crippen LogP contribution in [-0.4, -0.2) is 26.2 Å². The molecule has 0 fully saturated rings. The lowest BCUT2D eigenvalue weighted by Gasteiger charge is -2.12. The van der Waals surface area contributed by atoms with Gasteiger partial charge in [-0.3, -0.25) is 4.79 Å². The number of hydrogen-bond donors (Lipinski definition) is 1. The zero-order valence-electron chi connectivity index (χ0n) is 16.5. The predicted octanol–water partition coefficient (Wildman–Crippen LogP) is 4.29. The number of aromatic nitrogens is 3. The number of benzene rings is 1. The van der Waals surface area contributed by atoms with Gasteiger partial charge in [-0.25, -0.2) is 9.97 Å². The van der Waals surface area contributed by atoms with Crippen molar-refractivity contribution in [2.75, 3.05) is 11.1 Å². The minimum atomic E-state index is -0.211. The molecule has 8 heteroatoms. The average molecular weight is 417 g/mol. The number of thioether (sulfide) groups is 1. The fraction of sp³-hybridized carbons (Fsp3) is 0.182. The maximum atomic E-state index is 12.7. The van der Waals surface area contributed by atoms with Crippen molar-refractivity contribution in [1.82, 2.24) is 14.5 Å². The summed E-state index contributed by atoms with van der Waals surface area (Å²) in [4.78, 5) is 21.3. The number of hydrogen-bond acceptors (Lipinski definition) is 6. The average Bonchev–Trinajstić information content (AvgIpc) is 3.35. The van der Waals surface area contributed by atoms with Crippen LogP contribution in [0.25, 0.3) is 10.9 Å². The first kappa shape index (κ1) is 19.7. The zero-order valence-corrected chi connectivity index (χ0v) is 17.4. The number of nitriles is 1. The molecule has 1 aromatic carbocycles. The molecule has 0 unspecified atom stereocenters. The molecule has 4 aromatic rings. The van der Waals surface area contributed by atoms with E-state index in [0.29, 0.717) is 17.9 Å². The first-order chi connectivity index (χ1) is 14.6. The molecule has 1 amide bonds. The number of amides is 1. The van der Waals surface area contributed by atoms with Gasteiger partial charge >= 0.3 is 0 Å². The number of fused-ring (bicyclic) bond motifs is 1. The van der Waals surface area contributed by atoms with Gasteiger partial charge in [0, 0.05) is 11.1 Å². The maximum Gasteiger partial charge on any atom is 0.235 e. The second kappa shape index (κ2) is 8.43. The molecule has 3 heterocycles. The summed E-state index contributed by atoms with van der Waals surface area (Å²) >= 11 is 1.34. The number of para-hydroxylation sites is 1. The minimum absolute atomic E-state index is 0.163. The highest BCUT2D eigenvalue weighted by molar-refractivity contribution is 8.00. The Hall–Kier alpha value is -3.57. The van der Waals surface area contributed by atoms with Crippen molar-refractivity contribution in [2.24, 2.45) is 0 Å². The molecule has 0 spiro atoms. The van der Waals surface area contributed by atoms with Gasteiger partial charge in [-0.05, 0) is 37.6 Å². The summed E-state index contributed by atoms with van der Waals surface area (Å²) in [5.74, 6) is 1.19. The molecule has 0 bridgehead atoms. The van der Waals surface area contributed by atoms with Crippen LogP contribution >= 0.6 is 11.8 Å². The number of rotatable bonds is 6. The van der Waals surface area contributed by atoms with Crippen molar-refractivity contribution in [1.29, 1.82) is 5.26 Å². The van der Waals surface area contributed by atoms with Gasteiger partial charge in [0.25, 0.3) is 0 Å². The maximum absolute atomic E-state index is 12.7. The van der Waals surface area contributed by atoms with E-state index >= 15 is 0 Å². The summed E-state index contributed by atoms with van der Waals surface area (Å²) in [6.07, 6.45) is 3.10.